The van der Waals surface area contributed by atoms with Crippen molar-refractivity contribution in [2.75, 3.05) is 25.5 Å². The summed E-state index contributed by atoms with van der Waals surface area (Å²) in [6.07, 6.45) is 0. The molecule has 0 aliphatic rings. The first-order valence-corrected chi connectivity index (χ1v) is 6.44. The Kier molecular flexibility index (Phi) is 5.77. The van der Waals surface area contributed by atoms with Crippen LogP contribution in [-0.4, -0.2) is 30.4 Å². The lowest BCUT2D eigenvalue weighted by molar-refractivity contribution is 0.298. The standard InChI is InChI=1S/C12H17BrFNO/c1-3-15(7-6-13)9-10-4-5-12(16-2)11(14)8-10/h4-5,8H,3,6-7,9H2,1-2H3. The van der Waals surface area contributed by atoms with Gasteiger partial charge in [-0.15, -0.1) is 0 Å². The molecule has 1 rings (SSSR count). The number of halogens is 2. The van der Waals surface area contributed by atoms with Crippen molar-refractivity contribution >= 4 is 15.9 Å². The van der Waals surface area contributed by atoms with E-state index in [9.17, 15) is 4.39 Å². The van der Waals surface area contributed by atoms with Crippen molar-refractivity contribution in [3.8, 4) is 5.75 Å². The highest BCUT2D eigenvalue weighted by atomic mass is 79.9. The van der Waals surface area contributed by atoms with Crippen molar-refractivity contribution in [1.29, 1.82) is 0 Å². The first kappa shape index (κ1) is 13.5. The lowest BCUT2D eigenvalue weighted by Gasteiger charge is -2.19. The summed E-state index contributed by atoms with van der Waals surface area (Å²) < 4.78 is 18.3. The predicted octanol–water partition coefficient (Wildman–Crippen LogP) is 3.05. The molecule has 0 bridgehead atoms. The molecule has 0 saturated heterocycles. The van der Waals surface area contributed by atoms with Gasteiger partial charge in [0.15, 0.2) is 11.6 Å². The Bertz CT molecular complexity index is 333. The van der Waals surface area contributed by atoms with Gasteiger partial charge in [0.2, 0.25) is 0 Å². The van der Waals surface area contributed by atoms with Crippen molar-refractivity contribution in [2.45, 2.75) is 13.5 Å². The quantitative estimate of drug-likeness (QED) is 0.747. The van der Waals surface area contributed by atoms with Crippen LogP contribution in [-0.2, 0) is 6.54 Å². The third kappa shape index (κ3) is 3.76. The van der Waals surface area contributed by atoms with E-state index in [1.807, 2.05) is 6.07 Å². The fourth-order valence-corrected chi connectivity index (χ4v) is 2.04. The average molecular weight is 290 g/mol. The number of hydrogen-bond donors (Lipinski definition) is 0. The van der Waals surface area contributed by atoms with Gasteiger partial charge in [0.1, 0.15) is 0 Å². The highest BCUT2D eigenvalue weighted by Gasteiger charge is 2.06. The molecule has 1 aromatic rings. The first-order valence-electron chi connectivity index (χ1n) is 5.32. The van der Waals surface area contributed by atoms with Gasteiger partial charge in [-0.2, -0.15) is 0 Å². The number of hydrogen-bond acceptors (Lipinski definition) is 2. The lowest BCUT2D eigenvalue weighted by atomic mass is 10.2. The molecule has 0 unspecified atom stereocenters. The summed E-state index contributed by atoms with van der Waals surface area (Å²) in [5.74, 6) is 0.00202. The molecule has 0 aliphatic carbocycles. The lowest BCUT2D eigenvalue weighted by Crippen LogP contribution is -2.24. The zero-order chi connectivity index (χ0) is 12.0. The SMILES string of the molecule is CCN(CCBr)Cc1ccc(OC)c(F)c1. The van der Waals surface area contributed by atoms with Crippen LogP contribution in [0.25, 0.3) is 0 Å². The maximum absolute atomic E-state index is 13.4. The van der Waals surface area contributed by atoms with Crippen LogP contribution in [0.4, 0.5) is 4.39 Å². The van der Waals surface area contributed by atoms with Gasteiger partial charge in [-0.05, 0) is 24.2 Å². The average Bonchev–Trinajstić information content (AvgIpc) is 2.28. The number of ether oxygens (including phenoxy) is 1. The Hall–Kier alpha value is -0.610. The van der Waals surface area contributed by atoms with Crippen LogP contribution in [0.3, 0.4) is 0 Å². The van der Waals surface area contributed by atoms with Gasteiger partial charge in [-0.25, -0.2) is 4.39 Å². The summed E-state index contributed by atoms with van der Waals surface area (Å²) in [5.41, 5.74) is 0.973. The Morgan fingerprint density at radius 3 is 2.69 bits per heavy atom. The number of nitrogens with zero attached hydrogens (tertiary/aromatic N) is 1. The third-order valence-corrected chi connectivity index (χ3v) is 2.82. The third-order valence-electron chi connectivity index (χ3n) is 2.47. The van der Waals surface area contributed by atoms with Crippen LogP contribution in [0.2, 0.25) is 0 Å². The largest absolute Gasteiger partial charge is 0.494 e. The molecule has 0 N–H and O–H groups in total. The van der Waals surface area contributed by atoms with Gasteiger partial charge in [0.05, 0.1) is 7.11 Å². The molecule has 0 atom stereocenters. The molecule has 90 valence electrons. The Morgan fingerprint density at radius 1 is 1.44 bits per heavy atom. The van der Waals surface area contributed by atoms with E-state index in [1.54, 1.807) is 6.07 Å². The molecular weight excluding hydrogens is 273 g/mol. The van der Waals surface area contributed by atoms with Crippen LogP contribution in [0, 0.1) is 5.82 Å². The van der Waals surface area contributed by atoms with Crippen LogP contribution in [0.5, 0.6) is 5.75 Å². The molecule has 0 fully saturated rings. The van der Waals surface area contributed by atoms with Crippen LogP contribution in [0.15, 0.2) is 18.2 Å². The number of rotatable bonds is 6. The molecule has 0 heterocycles. The van der Waals surface area contributed by atoms with Gasteiger partial charge in [0.25, 0.3) is 0 Å². The number of benzene rings is 1. The van der Waals surface area contributed by atoms with E-state index in [4.69, 9.17) is 4.74 Å². The molecule has 1 aromatic carbocycles. The second-order valence-corrected chi connectivity index (χ2v) is 4.32. The van der Waals surface area contributed by atoms with Crippen molar-refractivity contribution in [3.63, 3.8) is 0 Å². The van der Waals surface area contributed by atoms with Crippen LogP contribution >= 0.6 is 15.9 Å². The van der Waals surface area contributed by atoms with E-state index in [2.05, 4.69) is 27.8 Å². The molecule has 0 radical (unpaired) electrons. The van der Waals surface area contributed by atoms with Gasteiger partial charge in [-0.3, -0.25) is 4.90 Å². The van der Waals surface area contributed by atoms with Crippen molar-refractivity contribution in [3.05, 3.63) is 29.6 Å². The second kappa shape index (κ2) is 6.86. The van der Waals surface area contributed by atoms with Crippen molar-refractivity contribution in [2.24, 2.45) is 0 Å². The first-order chi connectivity index (χ1) is 7.71. The van der Waals surface area contributed by atoms with Gasteiger partial charge in [-0.1, -0.05) is 28.9 Å². The molecular formula is C12H17BrFNO. The molecule has 0 amide bonds. The topological polar surface area (TPSA) is 12.5 Å². The smallest absolute Gasteiger partial charge is 0.165 e. The zero-order valence-corrected chi connectivity index (χ0v) is 11.3. The minimum Gasteiger partial charge on any atom is -0.494 e. The van der Waals surface area contributed by atoms with Crippen LogP contribution < -0.4 is 4.74 Å². The summed E-state index contributed by atoms with van der Waals surface area (Å²) in [6.45, 7) is 4.79. The van der Waals surface area contributed by atoms with Gasteiger partial charge < -0.3 is 4.74 Å². The highest BCUT2D eigenvalue weighted by Crippen LogP contribution is 2.18. The maximum atomic E-state index is 13.4. The predicted molar refractivity (Wildman–Crippen MR) is 67.7 cm³/mol. The monoisotopic (exact) mass is 289 g/mol. The van der Waals surface area contributed by atoms with E-state index >= 15 is 0 Å². The van der Waals surface area contributed by atoms with E-state index in [0.29, 0.717) is 5.75 Å². The molecule has 0 aromatic heterocycles. The van der Waals surface area contributed by atoms with Crippen molar-refractivity contribution in [1.82, 2.24) is 4.90 Å². The number of alkyl halides is 1. The maximum Gasteiger partial charge on any atom is 0.165 e. The zero-order valence-electron chi connectivity index (χ0n) is 9.67. The minimum atomic E-state index is -0.296. The summed E-state index contributed by atoms with van der Waals surface area (Å²) >= 11 is 3.41. The van der Waals surface area contributed by atoms with E-state index < -0.39 is 0 Å². The normalized spacial score (nSPS) is 10.8. The summed E-state index contributed by atoms with van der Waals surface area (Å²) in [4.78, 5) is 2.25. The molecule has 0 saturated carbocycles. The van der Waals surface area contributed by atoms with E-state index in [-0.39, 0.29) is 5.82 Å². The van der Waals surface area contributed by atoms with E-state index in [1.165, 1.54) is 13.2 Å². The van der Waals surface area contributed by atoms with Crippen molar-refractivity contribution < 1.29 is 9.13 Å². The fourth-order valence-electron chi connectivity index (χ4n) is 1.53. The Balaban J connectivity index is 2.69. The highest BCUT2D eigenvalue weighted by molar-refractivity contribution is 9.09. The molecule has 4 heteroatoms. The van der Waals surface area contributed by atoms with Gasteiger partial charge in [0, 0.05) is 18.4 Å². The summed E-state index contributed by atoms with van der Waals surface area (Å²) in [7, 11) is 1.47. The second-order valence-electron chi connectivity index (χ2n) is 3.53. The summed E-state index contributed by atoms with van der Waals surface area (Å²) in [5, 5.41) is 0.930. The van der Waals surface area contributed by atoms with Crippen LogP contribution in [0.1, 0.15) is 12.5 Å². The molecule has 16 heavy (non-hydrogen) atoms. The van der Waals surface area contributed by atoms with E-state index in [0.717, 1.165) is 30.5 Å². The number of methoxy groups -OCH3 is 1. The van der Waals surface area contributed by atoms with Gasteiger partial charge >= 0.3 is 0 Å². The molecule has 0 aliphatic heterocycles. The minimum absolute atomic E-state index is 0.296. The Labute approximate surface area is 105 Å². The summed E-state index contributed by atoms with van der Waals surface area (Å²) in [6, 6.07) is 5.11. The molecule has 0 spiro atoms. The Morgan fingerprint density at radius 2 is 2.19 bits per heavy atom. The fraction of sp³-hybridized carbons (Fsp3) is 0.500. The molecule has 2 nitrogen and oxygen atoms in total.